The van der Waals surface area contributed by atoms with Crippen LogP contribution >= 0.6 is 0 Å². The van der Waals surface area contributed by atoms with E-state index in [0.29, 0.717) is 6.42 Å². The van der Waals surface area contributed by atoms with E-state index in [1.165, 1.54) is 180 Å². The van der Waals surface area contributed by atoms with Crippen molar-refractivity contribution in [1.82, 2.24) is 5.32 Å². The van der Waals surface area contributed by atoms with E-state index in [9.17, 15) is 45.6 Å². The summed E-state index contributed by atoms with van der Waals surface area (Å²) in [6, 6.07) is -0.911. The number of ether oxygens (including phenoxy) is 4. The van der Waals surface area contributed by atoms with Crippen molar-refractivity contribution in [3.8, 4) is 0 Å². The quantitative estimate of drug-likeness (QED) is 0.0204. The molecule has 0 aromatic rings. The van der Waals surface area contributed by atoms with Gasteiger partial charge in [-0.3, -0.25) is 4.79 Å². The van der Waals surface area contributed by atoms with Crippen LogP contribution in [-0.2, 0) is 23.7 Å². The van der Waals surface area contributed by atoms with Gasteiger partial charge in [-0.15, -0.1) is 0 Å². The van der Waals surface area contributed by atoms with Crippen LogP contribution in [0, 0.1) is 0 Å². The Bertz CT molecular complexity index is 1490. The zero-order chi connectivity index (χ0) is 56.7. The summed E-state index contributed by atoms with van der Waals surface area (Å²) in [6.45, 7) is 2.75. The van der Waals surface area contributed by atoms with Gasteiger partial charge in [0.05, 0.1) is 32.0 Å². The molecule has 2 aliphatic heterocycles. The Morgan fingerprint density at radius 2 is 0.846 bits per heavy atom. The molecular formula is C64H117NO13. The molecule has 2 rings (SSSR count). The average Bonchev–Trinajstić information content (AvgIpc) is 3.44. The Balaban J connectivity index is 1.57. The van der Waals surface area contributed by atoms with E-state index >= 15 is 0 Å². The summed E-state index contributed by atoms with van der Waals surface area (Å²) in [7, 11) is 0. The number of aliphatic hydroxyl groups excluding tert-OH is 8. The van der Waals surface area contributed by atoms with Gasteiger partial charge in [0, 0.05) is 6.42 Å². The highest BCUT2D eigenvalue weighted by Crippen LogP contribution is 2.30. The van der Waals surface area contributed by atoms with Crippen molar-refractivity contribution in [2.75, 3.05) is 19.8 Å². The number of nitrogens with one attached hydrogen (secondary N) is 1. The van der Waals surface area contributed by atoms with E-state index in [2.05, 4.69) is 55.6 Å². The fourth-order valence-corrected chi connectivity index (χ4v) is 10.4. The van der Waals surface area contributed by atoms with Crippen LogP contribution in [0.1, 0.15) is 258 Å². The normalized spacial score (nSPS) is 24.8. The summed E-state index contributed by atoms with van der Waals surface area (Å²) in [4.78, 5) is 13.2. The predicted octanol–water partition coefficient (Wildman–Crippen LogP) is 11.6. The number of hydrogen-bond donors (Lipinski definition) is 9. The van der Waals surface area contributed by atoms with Crippen molar-refractivity contribution in [3.63, 3.8) is 0 Å². The standard InChI is InChI=1S/C64H117NO13/c1-3-5-7-9-11-13-14-15-16-17-18-19-20-21-22-23-24-25-26-27-28-29-30-31-32-33-34-35-36-37-38-40-42-44-46-48-56(69)65-52(53(68)47-45-43-41-39-12-10-8-6-4-2)51-75-63-61(74)59(72)62(55(50-67)77-63)78-64-60(73)58(71)57(70)54(49-66)76-64/h14-15,17-18,20-21,45,47,52-55,57-64,66-68,70-74H,3-13,16,19,22-44,46,48-51H2,1-2H3,(H,65,69)/b15-14-,18-17-,21-20-,47-45+. The first-order chi connectivity index (χ1) is 38.1. The second-order valence-electron chi connectivity index (χ2n) is 22.5. The molecule has 0 bridgehead atoms. The largest absolute Gasteiger partial charge is 0.394 e. The minimum Gasteiger partial charge on any atom is -0.394 e. The van der Waals surface area contributed by atoms with Crippen LogP contribution in [0.4, 0.5) is 0 Å². The molecule has 78 heavy (non-hydrogen) atoms. The van der Waals surface area contributed by atoms with Crippen molar-refractivity contribution in [3.05, 3.63) is 48.6 Å². The van der Waals surface area contributed by atoms with Gasteiger partial charge >= 0.3 is 0 Å². The lowest BCUT2D eigenvalue weighted by atomic mass is 9.97. The highest BCUT2D eigenvalue weighted by Gasteiger charge is 2.51. The Morgan fingerprint density at radius 1 is 0.462 bits per heavy atom. The van der Waals surface area contributed by atoms with Crippen LogP contribution in [0.5, 0.6) is 0 Å². The Kier molecular flexibility index (Phi) is 45.8. The maximum absolute atomic E-state index is 13.2. The summed E-state index contributed by atoms with van der Waals surface area (Å²) in [5.74, 6) is -0.240. The minimum atomic E-state index is -1.79. The molecule has 0 aromatic carbocycles. The van der Waals surface area contributed by atoms with Gasteiger partial charge in [-0.25, -0.2) is 0 Å². The van der Waals surface area contributed by atoms with Crippen molar-refractivity contribution in [2.45, 2.75) is 331 Å². The number of aliphatic hydroxyl groups is 8. The van der Waals surface area contributed by atoms with Gasteiger partial charge in [0.25, 0.3) is 0 Å². The van der Waals surface area contributed by atoms with Gasteiger partial charge < -0.3 is 65.1 Å². The number of unbranched alkanes of at least 4 members (excludes halogenated alkanes) is 32. The third kappa shape index (κ3) is 34.4. The molecule has 0 radical (unpaired) electrons. The summed E-state index contributed by atoms with van der Waals surface area (Å²) in [6.07, 6.45) is 46.3. The summed E-state index contributed by atoms with van der Waals surface area (Å²) < 4.78 is 22.7. The smallest absolute Gasteiger partial charge is 0.220 e. The summed E-state index contributed by atoms with van der Waals surface area (Å²) in [5, 5.41) is 86.8. The number of hydrogen-bond acceptors (Lipinski definition) is 13. The lowest BCUT2D eigenvalue weighted by Gasteiger charge is -2.46. The fourth-order valence-electron chi connectivity index (χ4n) is 10.4. The van der Waals surface area contributed by atoms with Gasteiger partial charge in [0.2, 0.25) is 5.91 Å². The Labute approximate surface area is 473 Å². The third-order valence-corrected chi connectivity index (χ3v) is 15.5. The van der Waals surface area contributed by atoms with Crippen LogP contribution in [0.15, 0.2) is 48.6 Å². The van der Waals surface area contributed by atoms with E-state index in [4.69, 9.17) is 18.9 Å². The molecule has 456 valence electrons. The van der Waals surface area contributed by atoms with E-state index in [1.807, 2.05) is 6.08 Å². The van der Waals surface area contributed by atoms with Crippen LogP contribution in [0.25, 0.3) is 0 Å². The first-order valence-corrected chi connectivity index (χ1v) is 31.9. The zero-order valence-corrected chi connectivity index (χ0v) is 49.2. The van der Waals surface area contributed by atoms with Crippen LogP contribution in [0.2, 0.25) is 0 Å². The predicted molar refractivity (Wildman–Crippen MR) is 314 cm³/mol. The van der Waals surface area contributed by atoms with E-state index < -0.39 is 86.8 Å². The second kappa shape index (κ2) is 49.5. The highest BCUT2D eigenvalue weighted by atomic mass is 16.7. The Morgan fingerprint density at radius 3 is 1.29 bits per heavy atom. The number of rotatable bonds is 51. The van der Waals surface area contributed by atoms with E-state index in [1.54, 1.807) is 6.08 Å². The molecule has 0 aliphatic carbocycles. The molecule has 14 nitrogen and oxygen atoms in total. The zero-order valence-electron chi connectivity index (χ0n) is 49.2. The van der Waals surface area contributed by atoms with Gasteiger partial charge in [0.15, 0.2) is 12.6 Å². The summed E-state index contributed by atoms with van der Waals surface area (Å²) in [5.41, 5.74) is 0. The fraction of sp³-hybridized carbons (Fsp3) is 0.859. The van der Waals surface area contributed by atoms with Crippen LogP contribution in [0.3, 0.4) is 0 Å². The van der Waals surface area contributed by atoms with Crippen molar-refractivity contribution in [1.29, 1.82) is 0 Å². The first kappa shape index (κ1) is 72.1. The van der Waals surface area contributed by atoms with Crippen molar-refractivity contribution >= 4 is 5.91 Å². The number of carbonyl (C=O) groups is 1. The number of amides is 1. The topological polar surface area (TPSA) is 228 Å². The van der Waals surface area contributed by atoms with Gasteiger partial charge in [0.1, 0.15) is 48.8 Å². The molecule has 2 saturated heterocycles. The van der Waals surface area contributed by atoms with Gasteiger partial charge in [-0.2, -0.15) is 0 Å². The molecule has 2 fully saturated rings. The maximum atomic E-state index is 13.2. The van der Waals surface area contributed by atoms with Gasteiger partial charge in [-0.1, -0.05) is 242 Å². The molecule has 12 atom stereocenters. The minimum absolute atomic E-state index is 0.240. The van der Waals surface area contributed by atoms with Gasteiger partial charge in [-0.05, 0) is 57.8 Å². The molecule has 14 heteroatoms. The summed E-state index contributed by atoms with van der Waals surface area (Å²) >= 11 is 0. The SMILES string of the molecule is CCCCCCC/C=C\C/C=C\C/C=C\CCCCCCCCCCCCCCCCCCCCCCC(=O)NC(COC1OC(CO)C(OC2OC(CO)C(O)C(O)C2O)C(O)C1O)C(O)/C=C/CCCCCCCCC. The van der Waals surface area contributed by atoms with Crippen LogP contribution < -0.4 is 5.32 Å². The molecule has 0 saturated carbocycles. The molecule has 9 N–H and O–H groups in total. The van der Waals surface area contributed by atoms with Crippen molar-refractivity contribution in [2.24, 2.45) is 0 Å². The first-order valence-electron chi connectivity index (χ1n) is 31.9. The molecule has 2 heterocycles. The molecule has 1 amide bonds. The maximum Gasteiger partial charge on any atom is 0.220 e. The monoisotopic (exact) mass is 1110 g/mol. The molecular weight excluding hydrogens is 991 g/mol. The number of carbonyl (C=O) groups excluding carboxylic acids is 1. The highest BCUT2D eigenvalue weighted by molar-refractivity contribution is 5.76. The van der Waals surface area contributed by atoms with E-state index in [0.717, 1.165) is 51.4 Å². The molecule has 12 unspecified atom stereocenters. The molecule has 0 spiro atoms. The lowest BCUT2D eigenvalue weighted by molar-refractivity contribution is -0.359. The molecule has 2 aliphatic rings. The third-order valence-electron chi connectivity index (χ3n) is 15.5. The van der Waals surface area contributed by atoms with Crippen LogP contribution in [-0.4, -0.2) is 140 Å². The van der Waals surface area contributed by atoms with Crippen molar-refractivity contribution < 1.29 is 64.6 Å². The average molecular weight is 1110 g/mol. The lowest BCUT2D eigenvalue weighted by Crippen LogP contribution is -2.65. The number of allylic oxidation sites excluding steroid dienone is 7. The second-order valence-corrected chi connectivity index (χ2v) is 22.5. The molecule has 0 aromatic heterocycles. The van der Waals surface area contributed by atoms with E-state index in [-0.39, 0.29) is 18.9 Å². The Hall–Kier alpha value is -2.05.